The van der Waals surface area contributed by atoms with Crippen molar-refractivity contribution < 1.29 is 9.26 Å². The highest BCUT2D eigenvalue weighted by Crippen LogP contribution is 2.36. The van der Waals surface area contributed by atoms with Gasteiger partial charge in [-0.2, -0.15) is 4.98 Å². The largest absolute Gasteiger partial charge is 0.368 e. The second-order valence-electron chi connectivity index (χ2n) is 5.75. The van der Waals surface area contributed by atoms with Crippen LogP contribution in [0, 0.1) is 0 Å². The van der Waals surface area contributed by atoms with Crippen molar-refractivity contribution in [3.63, 3.8) is 0 Å². The molecule has 1 aliphatic rings. The van der Waals surface area contributed by atoms with Gasteiger partial charge in [-0.15, -0.1) is 0 Å². The van der Waals surface area contributed by atoms with E-state index in [1.54, 1.807) is 0 Å². The zero-order chi connectivity index (χ0) is 13.9. The molecular weight excluding hydrogens is 242 g/mol. The van der Waals surface area contributed by atoms with Gasteiger partial charge < -0.3 is 14.6 Å². The number of rotatable bonds is 5. The molecule has 0 bridgehead atoms. The van der Waals surface area contributed by atoms with Crippen LogP contribution in [-0.4, -0.2) is 29.8 Å². The number of hydrogen-bond acceptors (Lipinski definition) is 5. The molecule has 1 aromatic rings. The minimum Gasteiger partial charge on any atom is -0.368 e. The van der Waals surface area contributed by atoms with Crippen LogP contribution in [-0.2, 0) is 15.8 Å². The monoisotopic (exact) mass is 267 g/mol. The maximum Gasteiger partial charge on any atom is 0.233 e. The van der Waals surface area contributed by atoms with E-state index in [0.717, 1.165) is 38.2 Å². The molecule has 1 saturated heterocycles. The van der Waals surface area contributed by atoms with Gasteiger partial charge in [0.25, 0.3) is 0 Å². The van der Waals surface area contributed by atoms with Gasteiger partial charge in [-0.25, -0.2) is 0 Å². The average Bonchev–Trinajstić information content (AvgIpc) is 2.90. The van der Waals surface area contributed by atoms with Crippen LogP contribution < -0.4 is 5.32 Å². The van der Waals surface area contributed by atoms with Crippen molar-refractivity contribution in [1.29, 1.82) is 0 Å². The van der Waals surface area contributed by atoms with Crippen molar-refractivity contribution in [2.24, 2.45) is 0 Å². The van der Waals surface area contributed by atoms with Gasteiger partial charge in [0.15, 0.2) is 0 Å². The quantitative estimate of drug-likeness (QED) is 0.887. The number of ether oxygens (including phenoxy) is 1. The smallest absolute Gasteiger partial charge is 0.233 e. The van der Waals surface area contributed by atoms with Gasteiger partial charge in [-0.05, 0) is 53.1 Å². The number of nitrogens with one attached hydrogen (secondary N) is 1. The average molecular weight is 267 g/mol. The molecule has 0 atom stereocenters. The minimum atomic E-state index is -0.488. The van der Waals surface area contributed by atoms with Crippen molar-refractivity contribution >= 4 is 0 Å². The van der Waals surface area contributed by atoms with Crippen molar-refractivity contribution in [2.75, 3.05) is 19.7 Å². The Morgan fingerprint density at radius 3 is 2.58 bits per heavy atom. The third-order valence-electron chi connectivity index (χ3n) is 4.16. The first-order valence-corrected chi connectivity index (χ1v) is 7.23. The third-order valence-corrected chi connectivity index (χ3v) is 4.16. The van der Waals surface area contributed by atoms with E-state index in [9.17, 15) is 0 Å². The SMILES string of the molecule is CCOC(C)(C)c1noc(C2(CC)CCNCC2)n1. The molecule has 0 amide bonds. The standard InChI is InChI=1S/C14H25N3O2/c1-5-14(7-9-15-10-8-14)12-16-11(17-19-12)13(3,4)18-6-2/h15H,5-10H2,1-4H3. The van der Waals surface area contributed by atoms with E-state index in [1.807, 2.05) is 20.8 Å². The molecule has 5 heteroatoms. The van der Waals surface area contributed by atoms with Crippen LogP contribution in [0.15, 0.2) is 4.52 Å². The zero-order valence-corrected chi connectivity index (χ0v) is 12.5. The Kier molecular flexibility index (Phi) is 4.26. The molecule has 108 valence electrons. The molecule has 1 fully saturated rings. The molecule has 0 unspecified atom stereocenters. The van der Waals surface area contributed by atoms with Crippen molar-refractivity contribution in [2.45, 2.75) is 58.0 Å². The molecule has 0 aliphatic carbocycles. The summed E-state index contributed by atoms with van der Waals surface area (Å²) >= 11 is 0. The Hall–Kier alpha value is -0.940. The van der Waals surface area contributed by atoms with Crippen LogP contribution in [0.1, 0.15) is 58.7 Å². The van der Waals surface area contributed by atoms with E-state index < -0.39 is 5.60 Å². The number of hydrogen-bond donors (Lipinski definition) is 1. The Morgan fingerprint density at radius 2 is 2.00 bits per heavy atom. The highest BCUT2D eigenvalue weighted by molar-refractivity contribution is 5.09. The maximum absolute atomic E-state index is 5.69. The van der Waals surface area contributed by atoms with Gasteiger partial charge >= 0.3 is 0 Å². The van der Waals surface area contributed by atoms with E-state index >= 15 is 0 Å². The lowest BCUT2D eigenvalue weighted by Crippen LogP contribution is -2.39. The summed E-state index contributed by atoms with van der Waals surface area (Å²) in [6.45, 7) is 10.8. The van der Waals surface area contributed by atoms with Gasteiger partial charge in [-0.3, -0.25) is 0 Å². The minimum absolute atomic E-state index is 0.0405. The molecule has 1 N–H and O–H groups in total. The highest BCUT2D eigenvalue weighted by atomic mass is 16.5. The molecule has 1 aliphatic heterocycles. The van der Waals surface area contributed by atoms with Crippen molar-refractivity contribution in [1.82, 2.24) is 15.5 Å². The lowest BCUT2D eigenvalue weighted by Gasteiger charge is -2.33. The lowest BCUT2D eigenvalue weighted by atomic mass is 9.76. The summed E-state index contributed by atoms with van der Waals surface area (Å²) < 4.78 is 11.2. The molecule has 2 heterocycles. The summed E-state index contributed by atoms with van der Waals surface area (Å²) in [5.41, 5.74) is -0.447. The van der Waals surface area contributed by atoms with Crippen LogP contribution >= 0.6 is 0 Å². The summed E-state index contributed by atoms with van der Waals surface area (Å²) in [7, 11) is 0. The fourth-order valence-electron chi connectivity index (χ4n) is 2.73. The van der Waals surface area contributed by atoms with Gasteiger partial charge in [0.05, 0.1) is 5.41 Å². The Balaban J connectivity index is 2.24. The zero-order valence-electron chi connectivity index (χ0n) is 12.5. The van der Waals surface area contributed by atoms with E-state index in [2.05, 4.69) is 22.4 Å². The molecule has 1 aromatic heterocycles. The molecule has 2 rings (SSSR count). The maximum atomic E-state index is 5.69. The van der Waals surface area contributed by atoms with Crippen molar-refractivity contribution in [3.05, 3.63) is 11.7 Å². The predicted molar refractivity (Wildman–Crippen MR) is 73.0 cm³/mol. The fourth-order valence-corrected chi connectivity index (χ4v) is 2.73. The van der Waals surface area contributed by atoms with Crippen molar-refractivity contribution in [3.8, 4) is 0 Å². The fraction of sp³-hybridized carbons (Fsp3) is 0.857. The van der Waals surface area contributed by atoms with E-state index in [-0.39, 0.29) is 5.41 Å². The van der Waals surface area contributed by atoms with E-state index in [4.69, 9.17) is 9.26 Å². The summed E-state index contributed by atoms with van der Waals surface area (Å²) in [6, 6.07) is 0. The molecule has 0 saturated carbocycles. The van der Waals surface area contributed by atoms with Gasteiger partial charge in [0.1, 0.15) is 5.60 Å². The summed E-state index contributed by atoms with van der Waals surface area (Å²) in [5.74, 6) is 1.43. The van der Waals surface area contributed by atoms with Crippen LogP contribution in [0.5, 0.6) is 0 Å². The molecule has 5 nitrogen and oxygen atoms in total. The Morgan fingerprint density at radius 1 is 1.32 bits per heavy atom. The first-order chi connectivity index (χ1) is 9.04. The second kappa shape index (κ2) is 5.59. The number of nitrogens with zero attached hydrogens (tertiary/aromatic N) is 2. The van der Waals surface area contributed by atoms with Gasteiger partial charge in [-0.1, -0.05) is 12.1 Å². The van der Waals surface area contributed by atoms with E-state index in [0.29, 0.717) is 12.4 Å². The highest BCUT2D eigenvalue weighted by Gasteiger charge is 2.39. The van der Waals surface area contributed by atoms with Crippen LogP contribution in [0.4, 0.5) is 0 Å². The molecular formula is C14H25N3O2. The summed E-state index contributed by atoms with van der Waals surface area (Å²) in [4.78, 5) is 4.64. The first-order valence-electron chi connectivity index (χ1n) is 7.23. The number of piperidine rings is 1. The topological polar surface area (TPSA) is 60.2 Å². The molecule has 0 aromatic carbocycles. The van der Waals surface area contributed by atoms with Gasteiger partial charge in [0, 0.05) is 6.61 Å². The molecule has 19 heavy (non-hydrogen) atoms. The summed E-state index contributed by atoms with van der Waals surface area (Å²) in [6.07, 6.45) is 3.14. The first kappa shape index (κ1) is 14.5. The molecule has 0 radical (unpaired) electrons. The Labute approximate surface area is 115 Å². The van der Waals surface area contributed by atoms with Crippen LogP contribution in [0.2, 0.25) is 0 Å². The Bertz CT molecular complexity index is 409. The van der Waals surface area contributed by atoms with E-state index in [1.165, 1.54) is 0 Å². The molecule has 0 spiro atoms. The van der Waals surface area contributed by atoms with Crippen LogP contribution in [0.25, 0.3) is 0 Å². The predicted octanol–water partition coefficient (Wildman–Crippen LogP) is 2.37. The normalized spacial score (nSPS) is 19.6. The second-order valence-corrected chi connectivity index (χ2v) is 5.75. The van der Waals surface area contributed by atoms with Crippen LogP contribution in [0.3, 0.4) is 0 Å². The third kappa shape index (κ3) is 2.82. The summed E-state index contributed by atoms with van der Waals surface area (Å²) in [5, 5.41) is 7.53. The number of aromatic nitrogens is 2. The lowest BCUT2D eigenvalue weighted by molar-refractivity contribution is -0.0221. The van der Waals surface area contributed by atoms with Gasteiger partial charge in [0.2, 0.25) is 11.7 Å².